The molecule has 146 valence electrons. The maximum atomic E-state index is 5.80. The molecule has 0 aromatic carbocycles. The van der Waals surface area contributed by atoms with Crippen molar-refractivity contribution in [3.8, 4) is 0 Å². The fourth-order valence-corrected chi connectivity index (χ4v) is 3.21. The summed E-state index contributed by atoms with van der Waals surface area (Å²) in [4.78, 5) is 13.5. The third-order valence-electron chi connectivity index (χ3n) is 4.82. The minimum Gasteiger partial charge on any atom is -0.356 e. The highest BCUT2D eigenvalue weighted by atomic mass is 35.5. The van der Waals surface area contributed by atoms with Crippen molar-refractivity contribution in [2.45, 2.75) is 26.2 Å². The fourth-order valence-electron chi connectivity index (χ4n) is 3.10. The van der Waals surface area contributed by atoms with Crippen LogP contribution in [-0.2, 0) is 6.42 Å². The van der Waals surface area contributed by atoms with Crippen LogP contribution in [0.3, 0.4) is 0 Å². The summed E-state index contributed by atoms with van der Waals surface area (Å²) >= 11 is 5.80. The number of aromatic nitrogens is 1. The van der Waals surface area contributed by atoms with Crippen LogP contribution in [0, 0.1) is 0 Å². The highest BCUT2D eigenvalue weighted by molar-refractivity contribution is 6.29. The standard InChI is InChI=1S/C19H33ClN6/c1-3-25-12-14-26(15-13-25)11-5-4-9-22-19(21-2)23-10-8-17-6-7-18(20)24-16-17/h6-7,16H,3-5,8-15H2,1-2H3,(H2,21,22,23). The summed E-state index contributed by atoms with van der Waals surface area (Å²) in [5.74, 6) is 0.864. The minimum atomic E-state index is 0.534. The van der Waals surface area contributed by atoms with Gasteiger partial charge in [0.1, 0.15) is 5.15 Å². The second-order valence-corrected chi connectivity index (χ2v) is 7.04. The predicted octanol–water partition coefficient (Wildman–Crippen LogP) is 1.86. The molecule has 2 N–H and O–H groups in total. The number of guanidine groups is 1. The molecule has 1 aliphatic heterocycles. The Labute approximate surface area is 163 Å². The van der Waals surface area contributed by atoms with Crippen molar-refractivity contribution in [2.75, 3.05) is 59.4 Å². The van der Waals surface area contributed by atoms with Gasteiger partial charge in [-0.3, -0.25) is 4.99 Å². The summed E-state index contributed by atoms with van der Waals surface area (Å²) in [6.45, 7) is 11.3. The van der Waals surface area contributed by atoms with Gasteiger partial charge in [0, 0.05) is 52.5 Å². The molecule has 0 atom stereocenters. The number of nitrogens with zero attached hydrogens (tertiary/aromatic N) is 4. The fraction of sp³-hybridized carbons (Fsp3) is 0.684. The quantitative estimate of drug-likeness (QED) is 0.296. The van der Waals surface area contributed by atoms with Crippen molar-refractivity contribution in [2.24, 2.45) is 4.99 Å². The van der Waals surface area contributed by atoms with Gasteiger partial charge in [-0.05, 0) is 44.0 Å². The van der Waals surface area contributed by atoms with Crippen molar-refractivity contribution < 1.29 is 0 Å². The van der Waals surface area contributed by atoms with Crippen LogP contribution >= 0.6 is 11.6 Å². The molecule has 0 amide bonds. The summed E-state index contributed by atoms with van der Waals surface area (Å²) < 4.78 is 0. The molecular formula is C19H33ClN6. The molecule has 0 radical (unpaired) electrons. The van der Waals surface area contributed by atoms with Gasteiger partial charge >= 0.3 is 0 Å². The monoisotopic (exact) mass is 380 g/mol. The molecule has 1 aliphatic rings. The van der Waals surface area contributed by atoms with E-state index in [0.717, 1.165) is 31.9 Å². The van der Waals surface area contributed by atoms with Gasteiger partial charge in [0.25, 0.3) is 0 Å². The third kappa shape index (κ3) is 7.89. The van der Waals surface area contributed by atoms with Gasteiger partial charge in [-0.1, -0.05) is 24.6 Å². The van der Waals surface area contributed by atoms with Crippen LogP contribution in [0.5, 0.6) is 0 Å². The van der Waals surface area contributed by atoms with Crippen molar-refractivity contribution in [1.29, 1.82) is 0 Å². The summed E-state index contributed by atoms with van der Waals surface area (Å²) in [5, 5.41) is 7.27. The maximum Gasteiger partial charge on any atom is 0.190 e. The van der Waals surface area contributed by atoms with Gasteiger partial charge in [0.2, 0.25) is 0 Å². The van der Waals surface area contributed by atoms with Crippen molar-refractivity contribution >= 4 is 17.6 Å². The Morgan fingerprint density at radius 2 is 1.85 bits per heavy atom. The number of pyridine rings is 1. The van der Waals surface area contributed by atoms with E-state index in [4.69, 9.17) is 11.6 Å². The van der Waals surface area contributed by atoms with Crippen molar-refractivity contribution in [3.05, 3.63) is 29.0 Å². The number of hydrogen-bond donors (Lipinski definition) is 2. The van der Waals surface area contributed by atoms with E-state index in [1.165, 1.54) is 51.3 Å². The summed E-state index contributed by atoms with van der Waals surface area (Å²) in [7, 11) is 1.81. The Morgan fingerprint density at radius 1 is 1.12 bits per heavy atom. The number of unbranched alkanes of at least 4 members (excludes halogenated alkanes) is 1. The zero-order chi connectivity index (χ0) is 18.6. The molecule has 1 aromatic heterocycles. The Kier molecular flexibility index (Phi) is 9.74. The molecule has 0 saturated carbocycles. The van der Waals surface area contributed by atoms with Gasteiger partial charge in [-0.25, -0.2) is 4.98 Å². The summed E-state index contributed by atoms with van der Waals surface area (Å²) in [5.41, 5.74) is 1.17. The molecule has 1 fully saturated rings. The van der Waals surface area contributed by atoms with Crippen LogP contribution in [0.4, 0.5) is 0 Å². The molecular weight excluding hydrogens is 348 g/mol. The van der Waals surface area contributed by atoms with Gasteiger partial charge in [-0.15, -0.1) is 0 Å². The molecule has 26 heavy (non-hydrogen) atoms. The largest absolute Gasteiger partial charge is 0.356 e. The molecule has 2 heterocycles. The first-order valence-electron chi connectivity index (χ1n) is 9.71. The second kappa shape index (κ2) is 12.1. The lowest BCUT2D eigenvalue weighted by Gasteiger charge is -2.34. The number of likely N-dealkylation sites (N-methyl/N-ethyl adjacent to an activating group) is 1. The molecule has 0 unspecified atom stereocenters. The number of nitrogens with one attached hydrogen (secondary N) is 2. The predicted molar refractivity (Wildman–Crippen MR) is 110 cm³/mol. The lowest BCUT2D eigenvalue weighted by Crippen LogP contribution is -2.46. The van der Waals surface area contributed by atoms with Crippen LogP contribution in [0.1, 0.15) is 25.3 Å². The van der Waals surface area contributed by atoms with E-state index in [1.54, 1.807) is 0 Å². The summed E-state index contributed by atoms with van der Waals surface area (Å²) in [6, 6.07) is 3.83. The van der Waals surface area contributed by atoms with Crippen LogP contribution in [0.2, 0.25) is 5.15 Å². The van der Waals surface area contributed by atoms with Gasteiger partial charge in [0.05, 0.1) is 0 Å². The molecule has 0 bridgehead atoms. The SMILES string of the molecule is CCN1CCN(CCCCNC(=NC)NCCc2ccc(Cl)nc2)CC1. The molecule has 1 saturated heterocycles. The van der Waals surface area contributed by atoms with E-state index in [1.807, 2.05) is 25.4 Å². The molecule has 1 aromatic rings. The first-order valence-corrected chi connectivity index (χ1v) is 10.1. The normalized spacial score (nSPS) is 16.7. The molecule has 0 aliphatic carbocycles. The zero-order valence-corrected chi connectivity index (χ0v) is 16.9. The Balaban J connectivity index is 1.51. The molecule has 7 heteroatoms. The van der Waals surface area contributed by atoms with E-state index >= 15 is 0 Å². The van der Waals surface area contributed by atoms with E-state index in [9.17, 15) is 0 Å². The van der Waals surface area contributed by atoms with Crippen LogP contribution < -0.4 is 10.6 Å². The second-order valence-electron chi connectivity index (χ2n) is 6.65. The average molecular weight is 381 g/mol. The van der Waals surface area contributed by atoms with E-state index in [-0.39, 0.29) is 0 Å². The topological polar surface area (TPSA) is 55.8 Å². The molecule has 0 spiro atoms. The van der Waals surface area contributed by atoms with E-state index < -0.39 is 0 Å². The van der Waals surface area contributed by atoms with E-state index in [0.29, 0.717) is 5.15 Å². The molecule has 6 nitrogen and oxygen atoms in total. The first-order chi connectivity index (χ1) is 12.7. The van der Waals surface area contributed by atoms with Gasteiger partial charge < -0.3 is 20.4 Å². The smallest absolute Gasteiger partial charge is 0.190 e. The Hall–Kier alpha value is -1.37. The number of aliphatic imine (C=N–C) groups is 1. The molecule has 2 rings (SSSR count). The zero-order valence-electron chi connectivity index (χ0n) is 16.2. The maximum absolute atomic E-state index is 5.80. The van der Waals surface area contributed by atoms with Crippen LogP contribution in [0.15, 0.2) is 23.3 Å². The number of piperazine rings is 1. The lowest BCUT2D eigenvalue weighted by molar-refractivity contribution is 0.136. The minimum absolute atomic E-state index is 0.534. The lowest BCUT2D eigenvalue weighted by atomic mass is 10.2. The Bertz CT molecular complexity index is 525. The highest BCUT2D eigenvalue weighted by Gasteiger charge is 2.14. The first kappa shape index (κ1) is 20.9. The van der Waals surface area contributed by atoms with Crippen molar-refractivity contribution in [1.82, 2.24) is 25.4 Å². The Morgan fingerprint density at radius 3 is 2.50 bits per heavy atom. The number of hydrogen-bond acceptors (Lipinski definition) is 4. The third-order valence-corrected chi connectivity index (χ3v) is 5.05. The van der Waals surface area contributed by atoms with Crippen LogP contribution in [-0.4, -0.2) is 80.1 Å². The van der Waals surface area contributed by atoms with E-state index in [2.05, 4.69) is 37.3 Å². The highest BCUT2D eigenvalue weighted by Crippen LogP contribution is 2.05. The van der Waals surface area contributed by atoms with Gasteiger partial charge in [-0.2, -0.15) is 0 Å². The van der Waals surface area contributed by atoms with Crippen molar-refractivity contribution in [3.63, 3.8) is 0 Å². The average Bonchev–Trinajstić information content (AvgIpc) is 2.68. The van der Waals surface area contributed by atoms with Gasteiger partial charge in [0.15, 0.2) is 5.96 Å². The van der Waals surface area contributed by atoms with Crippen LogP contribution in [0.25, 0.3) is 0 Å². The number of halogens is 1. The summed E-state index contributed by atoms with van der Waals surface area (Å²) in [6.07, 6.45) is 5.11. The number of rotatable bonds is 9.